The van der Waals surface area contributed by atoms with Gasteiger partial charge in [-0.3, -0.25) is 4.79 Å². The molecule has 0 aliphatic carbocycles. The minimum Gasteiger partial charge on any atom is -0.352 e. The molecule has 0 radical (unpaired) electrons. The van der Waals surface area contributed by atoms with E-state index in [1.54, 1.807) is 13.0 Å². The van der Waals surface area contributed by atoms with E-state index in [0.717, 1.165) is 10.9 Å². The Morgan fingerprint density at radius 2 is 2.19 bits per heavy atom. The highest BCUT2D eigenvalue weighted by Gasteiger charge is 2.08. The van der Waals surface area contributed by atoms with Gasteiger partial charge in [0.1, 0.15) is 5.82 Å². The van der Waals surface area contributed by atoms with Crippen LogP contribution in [0.3, 0.4) is 0 Å². The van der Waals surface area contributed by atoms with Crippen LogP contribution in [0, 0.1) is 18.7 Å². The summed E-state index contributed by atoms with van der Waals surface area (Å²) >= 11 is 3.33. The van der Waals surface area contributed by atoms with Gasteiger partial charge in [0.2, 0.25) is 0 Å². The molecular formula is C12H15BrFNO. The third-order valence-electron chi connectivity index (χ3n) is 2.18. The van der Waals surface area contributed by atoms with E-state index in [2.05, 4.69) is 21.2 Å². The number of nitrogens with one attached hydrogen (secondary N) is 1. The first kappa shape index (κ1) is 13.2. The Bertz CT molecular complexity index is 361. The maximum absolute atomic E-state index is 13.1. The summed E-state index contributed by atoms with van der Waals surface area (Å²) in [5.74, 6) is -0.243. The van der Waals surface area contributed by atoms with E-state index < -0.39 is 0 Å². The van der Waals surface area contributed by atoms with Crippen LogP contribution in [0.1, 0.15) is 22.8 Å². The molecule has 0 fully saturated rings. The number of hydrogen-bond acceptors (Lipinski definition) is 1. The monoisotopic (exact) mass is 287 g/mol. The molecule has 0 bridgehead atoms. The SMILES string of the molecule is Cc1cc(F)cc(C(=O)NCC(C)CBr)c1. The minimum absolute atomic E-state index is 0.226. The fourth-order valence-electron chi connectivity index (χ4n) is 1.29. The summed E-state index contributed by atoms with van der Waals surface area (Å²) in [5.41, 5.74) is 1.12. The summed E-state index contributed by atoms with van der Waals surface area (Å²) in [4.78, 5) is 11.7. The maximum atomic E-state index is 13.1. The van der Waals surface area contributed by atoms with Crippen LogP contribution in [0.2, 0.25) is 0 Å². The molecule has 0 aliphatic rings. The number of aryl methyl sites for hydroxylation is 1. The smallest absolute Gasteiger partial charge is 0.251 e. The van der Waals surface area contributed by atoms with Crippen molar-refractivity contribution in [2.75, 3.05) is 11.9 Å². The van der Waals surface area contributed by atoms with Gasteiger partial charge in [0.05, 0.1) is 0 Å². The van der Waals surface area contributed by atoms with Gasteiger partial charge in [-0.05, 0) is 36.6 Å². The van der Waals surface area contributed by atoms with Crippen LogP contribution >= 0.6 is 15.9 Å². The molecule has 88 valence electrons. The van der Waals surface area contributed by atoms with Crippen LogP contribution in [0.5, 0.6) is 0 Å². The Hall–Kier alpha value is -0.900. The van der Waals surface area contributed by atoms with Crippen molar-refractivity contribution in [3.8, 4) is 0 Å². The molecule has 4 heteroatoms. The standard InChI is InChI=1S/C12H15BrFNO/c1-8-3-10(5-11(14)4-8)12(16)15-7-9(2)6-13/h3-5,9H,6-7H2,1-2H3,(H,15,16). The quantitative estimate of drug-likeness (QED) is 0.848. The lowest BCUT2D eigenvalue weighted by atomic mass is 10.1. The maximum Gasteiger partial charge on any atom is 0.251 e. The highest BCUT2D eigenvalue weighted by Crippen LogP contribution is 2.08. The minimum atomic E-state index is -0.376. The van der Waals surface area contributed by atoms with Crippen LogP contribution in [0.15, 0.2) is 18.2 Å². The molecule has 1 aromatic carbocycles. The second kappa shape index (κ2) is 5.99. The molecule has 1 atom stereocenters. The van der Waals surface area contributed by atoms with Crippen LogP contribution in [-0.4, -0.2) is 17.8 Å². The first-order valence-electron chi connectivity index (χ1n) is 5.14. The molecule has 0 saturated carbocycles. The van der Waals surface area contributed by atoms with Gasteiger partial charge in [-0.15, -0.1) is 0 Å². The molecule has 1 amide bonds. The summed E-state index contributed by atoms with van der Waals surface area (Å²) in [7, 11) is 0. The summed E-state index contributed by atoms with van der Waals surface area (Å²) in [5, 5.41) is 3.60. The molecule has 1 N–H and O–H groups in total. The molecule has 0 aliphatic heterocycles. The number of amides is 1. The van der Waals surface area contributed by atoms with Crippen LogP contribution in [0.4, 0.5) is 4.39 Å². The Balaban J connectivity index is 2.66. The average molecular weight is 288 g/mol. The normalized spacial score (nSPS) is 12.2. The van der Waals surface area contributed by atoms with Crippen molar-refractivity contribution in [3.05, 3.63) is 35.1 Å². The Kier molecular flexibility index (Phi) is 4.93. The molecular weight excluding hydrogens is 273 g/mol. The number of hydrogen-bond donors (Lipinski definition) is 1. The van der Waals surface area contributed by atoms with Crippen LogP contribution in [0.25, 0.3) is 0 Å². The lowest BCUT2D eigenvalue weighted by Crippen LogP contribution is -2.28. The van der Waals surface area contributed by atoms with Gasteiger partial charge in [0.25, 0.3) is 5.91 Å². The molecule has 16 heavy (non-hydrogen) atoms. The highest BCUT2D eigenvalue weighted by atomic mass is 79.9. The first-order valence-corrected chi connectivity index (χ1v) is 6.26. The van der Waals surface area contributed by atoms with Crippen molar-refractivity contribution in [1.82, 2.24) is 5.32 Å². The van der Waals surface area contributed by atoms with Crippen molar-refractivity contribution in [3.63, 3.8) is 0 Å². The van der Waals surface area contributed by atoms with E-state index in [4.69, 9.17) is 0 Å². The number of halogens is 2. The van der Waals surface area contributed by atoms with E-state index in [9.17, 15) is 9.18 Å². The van der Waals surface area contributed by atoms with Gasteiger partial charge in [0.15, 0.2) is 0 Å². The second-order valence-electron chi connectivity index (χ2n) is 3.99. The topological polar surface area (TPSA) is 29.1 Å². The Morgan fingerprint density at radius 1 is 1.50 bits per heavy atom. The number of alkyl halides is 1. The van der Waals surface area contributed by atoms with Crippen molar-refractivity contribution in [2.24, 2.45) is 5.92 Å². The molecule has 1 rings (SSSR count). The number of rotatable bonds is 4. The van der Waals surface area contributed by atoms with Crippen molar-refractivity contribution in [1.29, 1.82) is 0 Å². The predicted molar refractivity (Wildman–Crippen MR) is 66.4 cm³/mol. The first-order chi connectivity index (χ1) is 7.52. The van der Waals surface area contributed by atoms with E-state index in [1.807, 2.05) is 6.92 Å². The van der Waals surface area contributed by atoms with Crippen molar-refractivity contribution >= 4 is 21.8 Å². The largest absolute Gasteiger partial charge is 0.352 e. The van der Waals surface area contributed by atoms with E-state index >= 15 is 0 Å². The van der Waals surface area contributed by atoms with Crippen LogP contribution in [-0.2, 0) is 0 Å². The number of carbonyl (C=O) groups excluding carboxylic acids is 1. The van der Waals surface area contributed by atoms with Crippen LogP contribution < -0.4 is 5.32 Å². The zero-order chi connectivity index (χ0) is 12.1. The summed E-state index contributed by atoms with van der Waals surface area (Å²) in [6.07, 6.45) is 0. The summed E-state index contributed by atoms with van der Waals surface area (Å²) in [6, 6.07) is 4.33. The van der Waals surface area contributed by atoms with E-state index in [-0.39, 0.29) is 11.7 Å². The van der Waals surface area contributed by atoms with Gasteiger partial charge >= 0.3 is 0 Å². The molecule has 0 saturated heterocycles. The zero-order valence-electron chi connectivity index (χ0n) is 9.39. The van der Waals surface area contributed by atoms with Crippen molar-refractivity contribution in [2.45, 2.75) is 13.8 Å². The lowest BCUT2D eigenvalue weighted by molar-refractivity contribution is 0.0949. The van der Waals surface area contributed by atoms with Gasteiger partial charge in [-0.25, -0.2) is 4.39 Å². The number of benzene rings is 1. The molecule has 1 unspecified atom stereocenters. The second-order valence-corrected chi connectivity index (χ2v) is 4.63. The van der Waals surface area contributed by atoms with E-state index in [1.165, 1.54) is 12.1 Å². The number of carbonyl (C=O) groups is 1. The highest BCUT2D eigenvalue weighted by molar-refractivity contribution is 9.09. The molecule has 0 spiro atoms. The Labute approximate surface area is 103 Å². The fourth-order valence-corrected chi connectivity index (χ4v) is 1.52. The molecule has 0 heterocycles. The van der Waals surface area contributed by atoms with Gasteiger partial charge in [-0.1, -0.05) is 22.9 Å². The third kappa shape index (κ3) is 3.93. The lowest BCUT2D eigenvalue weighted by Gasteiger charge is -2.09. The summed E-state index contributed by atoms with van der Waals surface area (Å²) < 4.78 is 13.1. The zero-order valence-corrected chi connectivity index (χ0v) is 11.0. The Morgan fingerprint density at radius 3 is 2.75 bits per heavy atom. The van der Waals surface area contributed by atoms with Gasteiger partial charge < -0.3 is 5.32 Å². The average Bonchev–Trinajstić information content (AvgIpc) is 2.23. The predicted octanol–water partition coefficient (Wildman–Crippen LogP) is 2.89. The van der Waals surface area contributed by atoms with Gasteiger partial charge in [-0.2, -0.15) is 0 Å². The van der Waals surface area contributed by atoms with Crippen molar-refractivity contribution < 1.29 is 9.18 Å². The molecule has 0 aromatic heterocycles. The summed E-state index contributed by atoms with van der Waals surface area (Å²) in [6.45, 7) is 4.37. The fraction of sp³-hybridized carbons (Fsp3) is 0.417. The third-order valence-corrected chi connectivity index (χ3v) is 3.28. The molecule has 1 aromatic rings. The molecule has 2 nitrogen and oxygen atoms in total. The van der Waals surface area contributed by atoms with E-state index in [0.29, 0.717) is 18.0 Å². The van der Waals surface area contributed by atoms with Gasteiger partial charge in [0, 0.05) is 17.4 Å².